The fourth-order valence-electron chi connectivity index (χ4n) is 1.48. The van der Waals surface area contributed by atoms with Crippen LogP contribution in [0.2, 0.25) is 0 Å². The standard InChI is InChI=1S/C9H17NO5S2/c11-2-3-14-4-5-15-9(16)10-8-1-6-17(12,13)7-8/h8,11H,1-7H2,(H,10,16)/t8-/m0/s1. The highest BCUT2D eigenvalue weighted by atomic mass is 32.2. The highest BCUT2D eigenvalue weighted by Crippen LogP contribution is 2.11. The molecular weight excluding hydrogens is 266 g/mol. The van der Waals surface area contributed by atoms with E-state index in [-0.39, 0.29) is 42.5 Å². The quantitative estimate of drug-likeness (QED) is 0.481. The van der Waals surface area contributed by atoms with E-state index in [4.69, 9.17) is 26.8 Å². The lowest BCUT2D eigenvalue weighted by atomic mass is 10.3. The summed E-state index contributed by atoms with van der Waals surface area (Å²) in [6.45, 7) is 0.865. The molecule has 0 bridgehead atoms. The molecule has 0 radical (unpaired) electrons. The van der Waals surface area contributed by atoms with E-state index in [0.717, 1.165) is 0 Å². The molecule has 0 aromatic rings. The van der Waals surface area contributed by atoms with Gasteiger partial charge < -0.3 is 19.9 Å². The maximum atomic E-state index is 11.2. The van der Waals surface area contributed by atoms with Gasteiger partial charge in [0.1, 0.15) is 6.61 Å². The summed E-state index contributed by atoms with van der Waals surface area (Å²) in [5, 5.41) is 11.5. The largest absolute Gasteiger partial charge is 0.469 e. The first-order chi connectivity index (χ1) is 8.03. The Morgan fingerprint density at radius 3 is 2.76 bits per heavy atom. The van der Waals surface area contributed by atoms with Crippen LogP contribution in [0, 0.1) is 0 Å². The Balaban J connectivity index is 2.09. The van der Waals surface area contributed by atoms with Crippen molar-refractivity contribution in [3.63, 3.8) is 0 Å². The van der Waals surface area contributed by atoms with Gasteiger partial charge in [0, 0.05) is 6.04 Å². The lowest BCUT2D eigenvalue weighted by Gasteiger charge is -2.13. The molecule has 100 valence electrons. The van der Waals surface area contributed by atoms with Gasteiger partial charge in [-0.2, -0.15) is 0 Å². The number of aliphatic hydroxyl groups is 1. The van der Waals surface area contributed by atoms with Crippen LogP contribution in [-0.4, -0.2) is 62.7 Å². The monoisotopic (exact) mass is 283 g/mol. The van der Waals surface area contributed by atoms with Crippen molar-refractivity contribution in [2.45, 2.75) is 12.5 Å². The van der Waals surface area contributed by atoms with Gasteiger partial charge in [0.2, 0.25) is 0 Å². The predicted molar refractivity (Wildman–Crippen MR) is 66.6 cm³/mol. The molecule has 1 aliphatic rings. The first-order valence-electron chi connectivity index (χ1n) is 5.36. The van der Waals surface area contributed by atoms with Gasteiger partial charge in [-0.05, 0) is 18.6 Å². The summed E-state index contributed by atoms with van der Waals surface area (Å²) >= 11 is 4.91. The first-order valence-corrected chi connectivity index (χ1v) is 7.59. The van der Waals surface area contributed by atoms with Crippen molar-refractivity contribution < 1.29 is 23.0 Å². The smallest absolute Gasteiger partial charge is 0.256 e. The average Bonchev–Trinajstić information content (AvgIpc) is 2.57. The zero-order chi connectivity index (χ0) is 12.7. The molecule has 1 fully saturated rings. The van der Waals surface area contributed by atoms with E-state index in [9.17, 15) is 8.42 Å². The predicted octanol–water partition coefficient (Wildman–Crippen LogP) is -0.926. The molecule has 1 rings (SSSR count). The number of thiocarbonyl (C=S) groups is 1. The maximum absolute atomic E-state index is 11.2. The van der Waals surface area contributed by atoms with Gasteiger partial charge in [0.05, 0.1) is 31.3 Å². The minimum absolute atomic E-state index is 0.0252. The van der Waals surface area contributed by atoms with E-state index in [1.165, 1.54) is 0 Å². The molecule has 8 heteroatoms. The Morgan fingerprint density at radius 2 is 2.18 bits per heavy atom. The molecule has 17 heavy (non-hydrogen) atoms. The van der Waals surface area contributed by atoms with Gasteiger partial charge in [-0.15, -0.1) is 0 Å². The first kappa shape index (κ1) is 14.6. The third-order valence-electron chi connectivity index (χ3n) is 2.25. The van der Waals surface area contributed by atoms with Crippen molar-refractivity contribution in [2.75, 3.05) is 37.9 Å². The summed E-state index contributed by atoms with van der Waals surface area (Å²) < 4.78 is 32.5. The van der Waals surface area contributed by atoms with Crippen LogP contribution in [0.25, 0.3) is 0 Å². The number of hydrogen-bond donors (Lipinski definition) is 2. The van der Waals surface area contributed by atoms with Gasteiger partial charge in [0.15, 0.2) is 9.84 Å². The van der Waals surface area contributed by atoms with E-state index in [2.05, 4.69) is 5.32 Å². The van der Waals surface area contributed by atoms with Crippen LogP contribution in [0.4, 0.5) is 0 Å². The summed E-state index contributed by atoms with van der Waals surface area (Å²) in [6, 6.07) is -0.147. The van der Waals surface area contributed by atoms with Crippen molar-refractivity contribution in [1.29, 1.82) is 0 Å². The molecule has 0 saturated carbocycles. The fraction of sp³-hybridized carbons (Fsp3) is 0.889. The van der Waals surface area contributed by atoms with Crippen LogP contribution >= 0.6 is 12.2 Å². The third kappa shape index (κ3) is 6.16. The second kappa shape index (κ2) is 7.10. The molecule has 0 aromatic carbocycles. The summed E-state index contributed by atoms with van der Waals surface area (Å²) in [5.74, 6) is 0.310. The molecule has 1 aliphatic heterocycles. The molecule has 0 aromatic heterocycles. The molecule has 6 nitrogen and oxygen atoms in total. The minimum Gasteiger partial charge on any atom is -0.469 e. The van der Waals surface area contributed by atoms with Crippen LogP contribution in [0.1, 0.15) is 6.42 Å². The number of ether oxygens (including phenoxy) is 2. The second-order valence-electron chi connectivity index (χ2n) is 3.72. The molecule has 0 amide bonds. The van der Waals surface area contributed by atoms with E-state index < -0.39 is 9.84 Å². The molecule has 0 spiro atoms. The van der Waals surface area contributed by atoms with Crippen LogP contribution in [0.15, 0.2) is 0 Å². The molecular formula is C9H17NO5S2. The third-order valence-corrected chi connectivity index (χ3v) is 4.25. The lowest BCUT2D eigenvalue weighted by Crippen LogP contribution is -2.36. The van der Waals surface area contributed by atoms with Crippen LogP contribution < -0.4 is 5.32 Å². The SMILES string of the molecule is O=S1(=O)CC[C@H](NC(=S)OCCOCCO)C1. The highest BCUT2D eigenvalue weighted by Gasteiger charge is 2.28. The van der Waals surface area contributed by atoms with Crippen molar-refractivity contribution in [3.05, 3.63) is 0 Å². The van der Waals surface area contributed by atoms with E-state index in [0.29, 0.717) is 13.0 Å². The number of sulfone groups is 1. The number of nitrogens with one attached hydrogen (secondary N) is 1. The van der Waals surface area contributed by atoms with Crippen molar-refractivity contribution in [1.82, 2.24) is 5.32 Å². The Bertz CT molecular complexity index is 343. The number of hydrogen-bond acceptors (Lipinski definition) is 6. The van der Waals surface area contributed by atoms with Gasteiger partial charge >= 0.3 is 0 Å². The van der Waals surface area contributed by atoms with Crippen LogP contribution in [-0.2, 0) is 19.3 Å². The Kier molecular flexibility index (Phi) is 6.10. The Morgan fingerprint density at radius 1 is 1.41 bits per heavy atom. The average molecular weight is 283 g/mol. The zero-order valence-corrected chi connectivity index (χ0v) is 11.1. The van der Waals surface area contributed by atoms with Gasteiger partial charge in [-0.1, -0.05) is 0 Å². The second-order valence-corrected chi connectivity index (χ2v) is 6.32. The molecule has 2 N–H and O–H groups in total. The lowest BCUT2D eigenvalue weighted by molar-refractivity contribution is 0.0675. The Labute approximate surface area is 106 Å². The van der Waals surface area contributed by atoms with Crippen LogP contribution in [0.5, 0.6) is 0 Å². The molecule has 1 heterocycles. The normalized spacial score (nSPS) is 22.3. The number of rotatable bonds is 6. The van der Waals surface area contributed by atoms with E-state index in [1.807, 2.05) is 0 Å². The van der Waals surface area contributed by atoms with Gasteiger partial charge in [-0.25, -0.2) is 8.42 Å². The summed E-state index contributed by atoms with van der Waals surface area (Å²) in [7, 11) is -2.90. The summed E-state index contributed by atoms with van der Waals surface area (Å²) in [4.78, 5) is 0. The number of aliphatic hydroxyl groups excluding tert-OH is 1. The zero-order valence-electron chi connectivity index (χ0n) is 9.42. The van der Waals surface area contributed by atoms with E-state index in [1.54, 1.807) is 0 Å². The fourth-order valence-corrected chi connectivity index (χ4v) is 3.40. The minimum atomic E-state index is -2.90. The Hall–Kier alpha value is -0.440. The topological polar surface area (TPSA) is 84.9 Å². The van der Waals surface area contributed by atoms with E-state index >= 15 is 0 Å². The molecule has 0 unspecified atom stereocenters. The molecule has 1 saturated heterocycles. The van der Waals surface area contributed by atoms with Crippen molar-refractivity contribution >= 4 is 27.2 Å². The molecule has 0 aliphatic carbocycles. The van der Waals surface area contributed by atoms with Crippen LogP contribution in [0.3, 0.4) is 0 Å². The van der Waals surface area contributed by atoms with Crippen molar-refractivity contribution in [3.8, 4) is 0 Å². The van der Waals surface area contributed by atoms with Crippen molar-refractivity contribution in [2.24, 2.45) is 0 Å². The highest BCUT2D eigenvalue weighted by molar-refractivity contribution is 7.91. The molecule has 1 atom stereocenters. The van der Waals surface area contributed by atoms with Gasteiger partial charge in [0.25, 0.3) is 5.17 Å². The maximum Gasteiger partial charge on any atom is 0.256 e. The summed E-state index contributed by atoms with van der Waals surface area (Å²) in [6.07, 6.45) is 0.562. The van der Waals surface area contributed by atoms with Gasteiger partial charge in [-0.3, -0.25) is 0 Å². The summed E-state index contributed by atoms with van der Waals surface area (Å²) in [5.41, 5.74) is 0.